The fraction of sp³-hybridized carbons (Fsp3) is 0. The highest BCUT2D eigenvalue weighted by molar-refractivity contribution is 7.25. The van der Waals surface area contributed by atoms with Crippen molar-refractivity contribution in [1.82, 2.24) is 19.5 Å². The summed E-state index contributed by atoms with van der Waals surface area (Å²) in [6.07, 6.45) is 0. The van der Waals surface area contributed by atoms with E-state index in [4.69, 9.17) is 15.0 Å². The third kappa shape index (κ3) is 5.40. The van der Waals surface area contributed by atoms with Crippen LogP contribution in [0.4, 0.5) is 0 Å². The molecule has 5 heteroatoms. The standard InChI is InChI=1S/C53H32N4S/c1-2-10-35(11-3-1)51-54-52(56-53(55-51)41-24-27-44-43-16-8-9-17-49(43)58-50(44)32-41)36-20-18-33(19-21-36)34-22-25-42(26-23-34)57-47-30-39-14-6-4-12-37(39)28-45(47)46-29-38-13-5-7-15-40(38)31-48(46)57/h1-32H. The van der Waals surface area contributed by atoms with Gasteiger partial charge in [-0.25, -0.2) is 15.0 Å². The van der Waals surface area contributed by atoms with Crippen molar-refractivity contribution in [2.24, 2.45) is 0 Å². The van der Waals surface area contributed by atoms with Crippen molar-refractivity contribution >= 4 is 74.9 Å². The van der Waals surface area contributed by atoms with E-state index in [9.17, 15) is 0 Å². The van der Waals surface area contributed by atoms with E-state index >= 15 is 0 Å². The molecule has 0 saturated heterocycles. The van der Waals surface area contributed by atoms with Gasteiger partial charge in [0, 0.05) is 53.3 Å². The molecular weight excluding hydrogens is 725 g/mol. The molecule has 0 aliphatic carbocycles. The molecule has 4 nitrogen and oxygen atoms in total. The molecule has 0 N–H and O–H groups in total. The van der Waals surface area contributed by atoms with Crippen molar-refractivity contribution in [3.8, 4) is 51.0 Å². The van der Waals surface area contributed by atoms with E-state index in [1.54, 1.807) is 11.3 Å². The second kappa shape index (κ2) is 13.1. The Bertz CT molecular complexity index is 3450. The lowest BCUT2D eigenvalue weighted by Gasteiger charge is -2.11. The minimum atomic E-state index is 0.647. The van der Waals surface area contributed by atoms with Gasteiger partial charge in [-0.15, -0.1) is 11.3 Å². The molecule has 0 unspecified atom stereocenters. The lowest BCUT2D eigenvalue weighted by Crippen LogP contribution is -2.00. The van der Waals surface area contributed by atoms with Crippen LogP contribution in [0.2, 0.25) is 0 Å². The van der Waals surface area contributed by atoms with Crippen molar-refractivity contribution in [1.29, 1.82) is 0 Å². The van der Waals surface area contributed by atoms with Gasteiger partial charge in [-0.2, -0.15) is 0 Å². The maximum absolute atomic E-state index is 5.07. The van der Waals surface area contributed by atoms with Crippen LogP contribution in [0.25, 0.3) is 115 Å². The van der Waals surface area contributed by atoms with Gasteiger partial charge in [0.05, 0.1) is 11.0 Å². The minimum absolute atomic E-state index is 0.647. The van der Waals surface area contributed by atoms with E-state index in [-0.39, 0.29) is 0 Å². The van der Waals surface area contributed by atoms with Crippen molar-refractivity contribution in [3.63, 3.8) is 0 Å². The fourth-order valence-corrected chi connectivity index (χ4v) is 9.64. The summed E-state index contributed by atoms with van der Waals surface area (Å²) >= 11 is 1.80. The van der Waals surface area contributed by atoms with E-state index in [1.807, 2.05) is 18.2 Å². The topological polar surface area (TPSA) is 43.6 Å². The Morgan fingerprint density at radius 3 is 1.38 bits per heavy atom. The molecule has 58 heavy (non-hydrogen) atoms. The number of rotatable bonds is 5. The monoisotopic (exact) mass is 756 g/mol. The summed E-state index contributed by atoms with van der Waals surface area (Å²) in [5, 5.41) is 10.0. The normalized spacial score (nSPS) is 11.8. The molecule has 0 saturated carbocycles. The van der Waals surface area contributed by atoms with Crippen LogP contribution in [0.5, 0.6) is 0 Å². The summed E-state index contributed by atoms with van der Waals surface area (Å²) in [7, 11) is 0. The van der Waals surface area contributed by atoms with Gasteiger partial charge in [-0.3, -0.25) is 0 Å². The number of aromatic nitrogens is 4. The van der Waals surface area contributed by atoms with Crippen molar-refractivity contribution < 1.29 is 0 Å². The summed E-state index contributed by atoms with van der Waals surface area (Å²) in [5.74, 6) is 1.96. The Morgan fingerprint density at radius 1 is 0.310 bits per heavy atom. The highest BCUT2D eigenvalue weighted by Gasteiger charge is 2.17. The van der Waals surface area contributed by atoms with Gasteiger partial charge in [0.1, 0.15) is 0 Å². The third-order valence-corrected chi connectivity index (χ3v) is 12.5. The number of hydrogen-bond acceptors (Lipinski definition) is 4. The van der Waals surface area contributed by atoms with Gasteiger partial charge in [-0.05, 0) is 81.2 Å². The van der Waals surface area contributed by atoms with Gasteiger partial charge >= 0.3 is 0 Å². The Kier molecular flexibility index (Phi) is 7.37. The fourth-order valence-electron chi connectivity index (χ4n) is 8.50. The molecule has 0 amide bonds. The number of thiophene rings is 1. The lowest BCUT2D eigenvalue weighted by atomic mass is 10.0. The van der Waals surface area contributed by atoms with Crippen molar-refractivity contribution in [2.75, 3.05) is 0 Å². The van der Waals surface area contributed by atoms with Crippen molar-refractivity contribution in [3.05, 3.63) is 194 Å². The Hall–Kier alpha value is -7.47. The van der Waals surface area contributed by atoms with E-state index in [1.165, 1.54) is 63.5 Å². The zero-order valence-electron chi connectivity index (χ0n) is 31.2. The first-order valence-corrected chi connectivity index (χ1v) is 20.3. The molecule has 0 fully saturated rings. The smallest absolute Gasteiger partial charge is 0.164 e. The minimum Gasteiger partial charge on any atom is -0.309 e. The van der Waals surface area contributed by atoms with Crippen LogP contribution in [0.3, 0.4) is 0 Å². The molecule has 3 aromatic heterocycles. The number of benzene rings is 9. The Balaban J connectivity index is 0.924. The number of nitrogens with zero attached hydrogens (tertiary/aromatic N) is 4. The van der Waals surface area contributed by atoms with Crippen molar-refractivity contribution in [2.45, 2.75) is 0 Å². The molecule has 0 aliphatic rings. The molecule has 0 aliphatic heterocycles. The van der Waals surface area contributed by atoms with Gasteiger partial charge in [0.25, 0.3) is 0 Å². The predicted molar refractivity (Wildman–Crippen MR) is 244 cm³/mol. The molecular formula is C53H32N4S. The number of hydrogen-bond donors (Lipinski definition) is 0. The van der Waals surface area contributed by atoms with Crippen LogP contribution >= 0.6 is 11.3 Å². The van der Waals surface area contributed by atoms with Crippen LogP contribution in [-0.4, -0.2) is 19.5 Å². The molecule has 12 aromatic rings. The second-order valence-electron chi connectivity index (χ2n) is 14.9. The quantitative estimate of drug-likeness (QED) is 0.176. The van der Waals surface area contributed by atoms with Gasteiger partial charge in [0.15, 0.2) is 17.5 Å². The highest BCUT2D eigenvalue weighted by Crippen LogP contribution is 2.39. The second-order valence-corrected chi connectivity index (χ2v) is 16.0. The number of fused-ring (bicyclic) bond motifs is 8. The highest BCUT2D eigenvalue weighted by atomic mass is 32.1. The Morgan fingerprint density at radius 2 is 0.759 bits per heavy atom. The van der Waals surface area contributed by atoms with Crippen LogP contribution in [0.1, 0.15) is 0 Å². The van der Waals surface area contributed by atoms with Crippen LogP contribution in [0.15, 0.2) is 194 Å². The summed E-state index contributed by atoms with van der Waals surface area (Å²) in [6, 6.07) is 69.4. The summed E-state index contributed by atoms with van der Waals surface area (Å²) in [4.78, 5) is 15.1. The molecule has 12 rings (SSSR count). The molecule has 0 bridgehead atoms. The average molecular weight is 757 g/mol. The maximum Gasteiger partial charge on any atom is 0.164 e. The summed E-state index contributed by atoms with van der Waals surface area (Å²) in [6.45, 7) is 0. The first-order chi connectivity index (χ1) is 28.7. The van der Waals surface area contributed by atoms with Crippen LogP contribution in [0, 0.1) is 0 Å². The predicted octanol–water partition coefficient (Wildman–Crippen LogP) is 14.3. The summed E-state index contributed by atoms with van der Waals surface area (Å²) < 4.78 is 4.91. The van der Waals surface area contributed by atoms with E-state index in [2.05, 4.69) is 180 Å². The van der Waals surface area contributed by atoms with E-state index in [0.29, 0.717) is 17.5 Å². The van der Waals surface area contributed by atoms with Crippen LogP contribution < -0.4 is 0 Å². The first-order valence-electron chi connectivity index (χ1n) is 19.5. The molecule has 0 spiro atoms. The maximum atomic E-state index is 5.07. The molecule has 0 radical (unpaired) electrons. The summed E-state index contributed by atoms with van der Waals surface area (Å²) in [5.41, 5.74) is 8.68. The zero-order chi connectivity index (χ0) is 38.2. The molecule has 0 atom stereocenters. The van der Waals surface area contributed by atoms with Gasteiger partial charge in [0.2, 0.25) is 0 Å². The third-order valence-electron chi connectivity index (χ3n) is 11.4. The molecule has 3 heterocycles. The molecule has 270 valence electrons. The van der Waals surface area contributed by atoms with Crippen LogP contribution in [-0.2, 0) is 0 Å². The molecule has 9 aromatic carbocycles. The van der Waals surface area contributed by atoms with E-state index in [0.717, 1.165) is 33.5 Å². The van der Waals surface area contributed by atoms with Gasteiger partial charge in [-0.1, -0.05) is 146 Å². The first kappa shape index (κ1) is 32.7. The average Bonchev–Trinajstić information content (AvgIpc) is 3.82. The largest absolute Gasteiger partial charge is 0.309 e. The van der Waals surface area contributed by atoms with E-state index < -0.39 is 0 Å². The SMILES string of the molecule is c1ccc(-c2nc(-c3ccc(-c4ccc(-n5c6cc7ccccc7cc6c6cc7ccccc7cc65)cc4)cc3)nc(-c3ccc4c(c3)sc3ccccc34)n2)cc1. The lowest BCUT2D eigenvalue weighted by molar-refractivity contribution is 1.07. The van der Waals surface area contributed by atoms with Gasteiger partial charge < -0.3 is 4.57 Å². The Labute approximate surface area is 338 Å². The zero-order valence-corrected chi connectivity index (χ0v) is 32.0.